The van der Waals surface area contributed by atoms with E-state index in [-0.39, 0.29) is 0 Å². The number of rotatable bonds is 6. The van der Waals surface area contributed by atoms with Crippen molar-refractivity contribution in [2.45, 2.75) is 76.6 Å². The third-order valence-electron chi connectivity index (χ3n) is 3.74. The summed E-state index contributed by atoms with van der Waals surface area (Å²) in [6.45, 7) is 6.52. The molecule has 0 radical (unpaired) electrons. The second-order valence-corrected chi connectivity index (χ2v) is 6.84. The van der Waals surface area contributed by atoms with E-state index in [1.807, 2.05) is 6.92 Å². The van der Waals surface area contributed by atoms with E-state index in [0.717, 1.165) is 12.2 Å². The molecule has 3 heteroatoms. The van der Waals surface area contributed by atoms with Gasteiger partial charge in [0.25, 0.3) is 0 Å². The highest BCUT2D eigenvalue weighted by Crippen LogP contribution is 2.23. The zero-order valence-corrected chi connectivity index (χ0v) is 11.8. The normalized spacial score (nSPS) is 28.2. The topological polar surface area (TPSA) is 29.1 Å². The summed E-state index contributed by atoms with van der Waals surface area (Å²) < 4.78 is 11.8. The smallest absolute Gasteiger partial charge is 0.0362 e. The van der Waals surface area contributed by atoms with Crippen molar-refractivity contribution in [3.8, 4) is 0 Å². The van der Waals surface area contributed by atoms with E-state index < -0.39 is 10.8 Å². The van der Waals surface area contributed by atoms with Crippen LogP contribution in [-0.2, 0) is 10.8 Å². The summed E-state index contributed by atoms with van der Waals surface area (Å²) in [6.07, 6.45) is 7.21. The van der Waals surface area contributed by atoms with Crippen LogP contribution in [0.1, 0.15) is 59.3 Å². The summed E-state index contributed by atoms with van der Waals surface area (Å²) in [7, 11) is -0.593. The van der Waals surface area contributed by atoms with Crippen LogP contribution < -0.4 is 5.32 Å². The third kappa shape index (κ3) is 4.17. The first-order chi connectivity index (χ1) is 7.71. The van der Waals surface area contributed by atoms with Crippen LogP contribution in [0.25, 0.3) is 0 Å². The Hall–Kier alpha value is 0.110. The van der Waals surface area contributed by atoms with Crippen LogP contribution in [0.3, 0.4) is 0 Å². The van der Waals surface area contributed by atoms with Crippen molar-refractivity contribution in [3.05, 3.63) is 0 Å². The van der Waals surface area contributed by atoms with E-state index in [1.165, 1.54) is 32.1 Å². The Balaban J connectivity index is 2.41. The van der Waals surface area contributed by atoms with Gasteiger partial charge < -0.3 is 5.32 Å². The number of nitrogens with one attached hydrogen (secondary N) is 1. The van der Waals surface area contributed by atoms with E-state index in [1.54, 1.807) is 0 Å². The Morgan fingerprint density at radius 3 is 2.50 bits per heavy atom. The lowest BCUT2D eigenvalue weighted by Crippen LogP contribution is -2.42. The summed E-state index contributed by atoms with van der Waals surface area (Å²) in [5, 5.41) is 4.18. The van der Waals surface area contributed by atoms with E-state index in [4.69, 9.17) is 0 Å². The van der Waals surface area contributed by atoms with Gasteiger partial charge in [-0.25, -0.2) is 0 Å². The summed E-state index contributed by atoms with van der Waals surface area (Å²) in [6, 6.07) is 1.26. The Labute approximate surface area is 103 Å². The van der Waals surface area contributed by atoms with Crippen LogP contribution in [0.4, 0.5) is 0 Å². The van der Waals surface area contributed by atoms with Crippen LogP contribution in [0, 0.1) is 0 Å². The molecule has 0 aliphatic heterocycles. The minimum absolute atomic E-state index is 0.450. The first-order valence-electron chi connectivity index (χ1n) is 6.84. The number of hydrogen-bond acceptors (Lipinski definition) is 2. The predicted molar refractivity (Wildman–Crippen MR) is 72.2 cm³/mol. The monoisotopic (exact) mass is 245 g/mol. The molecular weight excluding hydrogens is 218 g/mol. The molecule has 0 bridgehead atoms. The maximum Gasteiger partial charge on any atom is 0.0362 e. The minimum Gasteiger partial charge on any atom is -0.311 e. The van der Waals surface area contributed by atoms with Gasteiger partial charge in [-0.2, -0.15) is 0 Å². The molecule has 3 unspecified atom stereocenters. The maximum atomic E-state index is 11.8. The van der Waals surface area contributed by atoms with Gasteiger partial charge in [-0.1, -0.05) is 27.2 Å². The molecule has 96 valence electrons. The van der Waals surface area contributed by atoms with Crippen LogP contribution in [0.2, 0.25) is 0 Å². The van der Waals surface area contributed by atoms with Crippen molar-refractivity contribution in [2.24, 2.45) is 0 Å². The lowest BCUT2D eigenvalue weighted by atomic mass is 9.94. The fraction of sp³-hybridized carbons (Fsp3) is 1.00. The van der Waals surface area contributed by atoms with Gasteiger partial charge in [0.05, 0.1) is 0 Å². The molecule has 2 nitrogen and oxygen atoms in total. The second-order valence-electron chi connectivity index (χ2n) is 4.84. The molecule has 0 aromatic heterocycles. The Kier molecular flexibility index (Phi) is 6.59. The van der Waals surface area contributed by atoms with Gasteiger partial charge in [0.2, 0.25) is 0 Å². The van der Waals surface area contributed by atoms with Crippen molar-refractivity contribution >= 4 is 10.8 Å². The highest BCUT2D eigenvalue weighted by Gasteiger charge is 2.26. The highest BCUT2D eigenvalue weighted by molar-refractivity contribution is 7.85. The maximum absolute atomic E-state index is 11.8. The number of hydrogen-bond donors (Lipinski definition) is 1. The van der Waals surface area contributed by atoms with Crippen LogP contribution in [-0.4, -0.2) is 27.3 Å². The van der Waals surface area contributed by atoms with E-state index in [9.17, 15) is 4.21 Å². The molecule has 1 aliphatic rings. The van der Waals surface area contributed by atoms with Gasteiger partial charge in [-0.05, 0) is 32.1 Å². The standard InChI is InChI=1S/C13H27NOS/c1-4-11(5-2)14-12-8-7-9-13(10-12)16(15)6-3/h11-14H,4-10H2,1-3H3. The molecule has 0 spiro atoms. The lowest BCUT2D eigenvalue weighted by Gasteiger charge is -2.31. The first kappa shape index (κ1) is 14.2. The molecule has 0 aromatic rings. The van der Waals surface area contributed by atoms with E-state index in [0.29, 0.717) is 17.3 Å². The van der Waals surface area contributed by atoms with Gasteiger partial charge in [-0.3, -0.25) is 4.21 Å². The van der Waals surface area contributed by atoms with Crippen molar-refractivity contribution in [3.63, 3.8) is 0 Å². The first-order valence-corrected chi connectivity index (χ1v) is 8.22. The fourth-order valence-electron chi connectivity index (χ4n) is 2.63. The summed E-state index contributed by atoms with van der Waals surface area (Å²) in [5.41, 5.74) is 0. The van der Waals surface area contributed by atoms with Crippen molar-refractivity contribution in [2.75, 3.05) is 5.75 Å². The predicted octanol–water partition coefficient (Wildman–Crippen LogP) is 2.84. The van der Waals surface area contributed by atoms with Crippen LogP contribution >= 0.6 is 0 Å². The molecule has 16 heavy (non-hydrogen) atoms. The Bertz CT molecular complexity index is 216. The Morgan fingerprint density at radius 2 is 1.94 bits per heavy atom. The van der Waals surface area contributed by atoms with Crippen molar-refractivity contribution in [1.29, 1.82) is 0 Å². The van der Waals surface area contributed by atoms with Gasteiger partial charge >= 0.3 is 0 Å². The van der Waals surface area contributed by atoms with Crippen molar-refractivity contribution in [1.82, 2.24) is 5.32 Å². The molecule has 1 fully saturated rings. The molecule has 1 aliphatic carbocycles. The lowest BCUT2D eigenvalue weighted by molar-refractivity contribution is 0.330. The molecule has 1 N–H and O–H groups in total. The van der Waals surface area contributed by atoms with Gasteiger partial charge in [0.15, 0.2) is 0 Å². The molecule has 0 heterocycles. The van der Waals surface area contributed by atoms with E-state index >= 15 is 0 Å². The molecule has 0 saturated heterocycles. The molecular formula is C13H27NOS. The summed E-state index contributed by atoms with van der Waals surface area (Å²) in [5.74, 6) is 0.822. The molecule has 3 atom stereocenters. The summed E-state index contributed by atoms with van der Waals surface area (Å²) >= 11 is 0. The molecule has 1 saturated carbocycles. The largest absolute Gasteiger partial charge is 0.311 e. The minimum atomic E-state index is -0.593. The molecule has 0 amide bonds. The van der Waals surface area contributed by atoms with Crippen LogP contribution in [0.15, 0.2) is 0 Å². The van der Waals surface area contributed by atoms with Gasteiger partial charge in [0.1, 0.15) is 0 Å². The average Bonchev–Trinajstić information content (AvgIpc) is 2.35. The molecule has 1 rings (SSSR count). The SMILES string of the molecule is CCC(CC)NC1CCCC(S(=O)CC)C1. The van der Waals surface area contributed by atoms with Crippen molar-refractivity contribution < 1.29 is 4.21 Å². The summed E-state index contributed by atoms with van der Waals surface area (Å²) in [4.78, 5) is 0. The quantitative estimate of drug-likeness (QED) is 0.779. The van der Waals surface area contributed by atoms with E-state index in [2.05, 4.69) is 19.2 Å². The zero-order valence-electron chi connectivity index (χ0n) is 11.0. The van der Waals surface area contributed by atoms with Gasteiger partial charge in [-0.15, -0.1) is 0 Å². The van der Waals surface area contributed by atoms with Crippen LogP contribution in [0.5, 0.6) is 0 Å². The molecule has 0 aromatic carbocycles. The van der Waals surface area contributed by atoms with Gasteiger partial charge in [0, 0.05) is 33.9 Å². The fourth-order valence-corrected chi connectivity index (χ4v) is 3.98. The average molecular weight is 245 g/mol. The Morgan fingerprint density at radius 1 is 1.25 bits per heavy atom. The zero-order chi connectivity index (χ0) is 12.0. The highest BCUT2D eigenvalue weighted by atomic mass is 32.2. The second kappa shape index (κ2) is 7.44. The third-order valence-corrected chi connectivity index (χ3v) is 5.48.